The van der Waals surface area contributed by atoms with Gasteiger partial charge in [0.25, 0.3) is 0 Å². The lowest BCUT2D eigenvalue weighted by Gasteiger charge is -2.06. The van der Waals surface area contributed by atoms with Crippen LogP contribution in [0.1, 0.15) is 5.01 Å². The fourth-order valence-electron chi connectivity index (χ4n) is 2.06. The summed E-state index contributed by atoms with van der Waals surface area (Å²) in [6, 6.07) is 10.8. The molecule has 3 aromatic rings. The molecule has 124 valence electrons. The number of para-hydroxylation sites is 1. The predicted octanol–water partition coefficient (Wildman–Crippen LogP) is 2.43. The number of primary sulfonamides is 1. The molecule has 10 heteroatoms. The number of fused-ring (bicyclic) bond motifs is 1. The Kier molecular flexibility index (Phi) is 4.18. The third-order valence-electron chi connectivity index (χ3n) is 3.14. The molecule has 0 saturated carbocycles. The Morgan fingerprint density at radius 3 is 2.67 bits per heavy atom. The Bertz CT molecular complexity index is 997. The van der Waals surface area contributed by atoms with E-state index in [9.17, 15) is 18.5 Å². The first-order valence-corrected chi connectivity index (χ1v) is 8.99. The molecule has 0 atom stereocenters. The van der Waals surface area contributed by atoms with Crippen LogP contribution in [-0.2, 0) is 16.6 Å². The van der Waals surface area contributed by atoms with Crippen molar-refractivity contribution in [2.45, 2.75) is 11.5 Å². The molecule has 2 aromatic carbocycles. The smallest absolute Gasteiger partial charge is 0.312 e. The van der Waals surface area contributed by atoms with Crippen LogP contribution in [0.4, 0.5) is 5.69 Å². The van der Waals surface area contributed by atoms with Gasteiger partial charge in [0.15, 0.2) is 5.75 Å². The van der Waals surface area contributed by atoms with Gasteiger partial charge in [-0.2, -0.15) is 0 Å². The molecule has 0 bridgehead atoms. The van der Waals surface area contributed by atoms with Crippen LogP contribution in [0.5, 0.6) is 5.75 Å². The number of rotatable bonds is 5. The average molecular weight is 365 g/mol. The molecule has 3 rings (SSSR count). The van der Waals surface area contributed by atoms with Crippen LogP contribution in [0.15, 0.2) is 47.4 Å². The molecule has 0 unspecified atom stereocenters. The van der Waals surface area contributed by atoms with E-state index in [1.165, 1.54) is 17.4 Å². The van der Waals surface area contributed by atoms with Crippen molar-refractivity contribution < 1.29 is 18.1 Å². The minimum absolute atomic E-state index is 0.0366. The monoisotopic (exact) mass is 365 g/mol. The molecule has 0 aliphatic heterocycles. The highest BCUT2D eigenvalue weighted by Crippen LogP contribution is 2.31. The van der Waals surface area contributed by atoms with E-state index in [-0.39, 0.29) is 17.3 Å². The zero-order valence-corrected chi connectivity index (χ0v) is 13.7. The minimum Gasteiger partial charge on any atom is -0.479 e. The summed E-state index contributed by atoms with van der Waals surface area (Å²) in [5, 5.41) is 16.8. The van der Waals surface area contributed by atoms with Gasteiger partial charge < -0.3 is 4.74 Å². The second kappa shape index (κ2) is 6.15. The van der Waals surface area contributed by atoms with Gasteiger partial charge in [-0.25, -0.2) is 18.5 Å². The summed E-state index contributed by atoms with van der Waals surface area (Å²) < 4.78 is 29.0. The normalized spacial score (nSPS) is 11.5. The van der Waals surface area contributed by atoms with Gasteiger partial charge in [0.2, 0.25) is 10.0 Å². The number of benzene rings is 2. The van der Waals surface area contributed by atoms with E-state index in [0.29, 0.717) is 5.01 Å². The van der Waals surface area contributed by atoms with Crippen LogP contribution in [0.2, 0.25) is 0 Å². The molecular formula is C14H11N3O5S2. The van der Waals surface area contributed by atoms with Crippen molar-refractivity contribution in [1.82, 2.24) is 4.98 Å². The van der Waals surface area contributed by atoms with Crippen LogP contribution in [0.25, 0.3) is 10.2 Å². The summed E-state index contributed by atoms with van der Waals surface area (Å²) in [4.78, 5) is 14.4. The van der Waals surface area contributed by atoms with Gasteiger partial charge in [-0.05, 0) is 24.3 Å². The molecule has 0 amide bonds. The van der Waals surface area contributed by atoms with Gasteiger partial charge in [-0.15, -0.1) is 11.3 Å². The number of hydrogen-bond acceptors (Lipinski definition) is 7. The molecule has 24 heavy (non-hydrogen) atoms. The SMILES string of the molecule is NS(=O)(=O)c1ccc(OCc2nc3ccccc3s2)c([N+](=O)[O-])c1. The van der Waals surface area contributed by atoms with Gasteiger partial charge in [-0.3, -0.25) is 10.1 Å². The molecule has 0 radical (unpaired) electrons. The Morgan fingerprint density at radius 1 is 1.25 bits per heavy atom. The van der Waals surface area contributed by atoms with Crippen molar-refractivity contribution in [3.05, 3.63) is 57.6 Å². The molecule has 0 spiro atoms. The summed E-state index contributed by atoms with van der Waals surface area (Å²) in [5.41, 5.74) is 0.350. The lowest BCUT2D eigenvalue weighted by Crippen LogP contribution is -2.12. The van der Waals surface area contributed by atoms with Crippen molar-refractivity contribution in [3.8, 4) is 5.75 Å². The van der Waals surface area contributed by atoms with Crippen molar-refractivity contribution in [2.24, 2.45) is 5.14 Å². The lowest BCUT2D eigenvalue weighted by molar-refractivity contribution is -0.386. The second-order valence-electron chi connectivity index (χ2n) is 4.80. The van der Waals surface area contributed by atoms with Crippen LogP contribution in [0, 0.1) is 10.1 Å². The first-order valence-electron chi connectivity index (χ1n) is 6.63. The molecule has 2 N–H and O–H groups in total. The van der Waals surface area contributed by atoms with E-state index in [1.54, 1.807) is 0 Å². The fraction of sp³-hybridized carbons (Fsp3) is 0.0714. The zero-order valence-electron chi connectivity index (χ0n) is 12.1. The number of nitrogens with two attached hydrogens (primary N) is 1. The summed E-state index contributed by atoms with van der Waals surface area (Å²) in [6.45, 7) is 0.0366. The van der Waals surface area contributed by atoms with Crippen molar-refractivity contribution in [2.75, 3.05) is 0 Å². The molecule has 8 nitrogen and oxygen atoms in total. The topological polar surface area (TPSA) is 125 Å². The van der Waals surface area contributed by atoms with E-state index in [1.807, 2.05) is 24.3 Å². The highest BCUT2D eigenvalue weighted by atomic mass is 32.2. The number of ether oxygens (including phenoxy) is 1. The number of nitro groups is 1. The van der Waals surface area contributed by atoms with E-state index < -0.39 is 20.6 Å². The Morgan fingerprint density at radius 2 is 2.00 bits per heavy atom. The lowest BCUT2D eigenvalue weighted by atomic mass is 10.3. The summed E-state index contributed by atoms with van der Waals surface area (Å²) >= 11 is 1.42. The van der Waals surface area contributed by atoms with Crippen molar-refractivity contribution in [3.63, 3.8) is 0 Å². The van der Waals surface area contributed by atoms with Gasteiger partial charge >= 0.3 is 5.69 Å². The Balaban J connectivity index is 1.87. The van der Waals surface area contributed by atoms with Crippen LogP contribution < -0.4 is 9.88 Å². The minimum atomic E-state index is -4.03. The summed E-state index contributed by atoms with van der Waals surface area (Å²) in [5.74, 6) is -0.0494. The predicted molar refractivity (Wildman–Crippen MR) is 88.4 cm³/mol. The maximum Gasteiger partial charge on any atom is 0.312 e. The quantitative estimate of drug-likeness (QED) is 0.547. The molecule has 0 saturated heterocycles. The molecule has 1 heterocycles. The number of nitrogens with zero attached hydrogens (tertiary/aromatic N) is 2. The largest absolute Gasteiger partial charge is 0.479 e. The van der Waals surface area contributed by atoms with Gasteiger partial charge in [0.05, 0.1) is 20.0 Å². The maximum absolute atomic E-state index is 11.3. The first kappa shape index (κ1) is 16.3. The van der Waals surface area contributed by atoms with E-state index in [2.05, 4.69) is 4.98 Å². The first-order chi connectivity index (χ1) is 11.3. The Labute approximate surface area is 140 Å². The molecular weight excluding hydrogens is 354 g/mol. The molecule has 0 aliphatic carbocycles. The van der Waals surface area contributed by atoms with Crippen LogP contribution >= 0.6 is 11.3 Å². The standard InChI is InChI=1S/C14H11N3O5S2/c15-24(20,21)9-5-6-12(11(7-9)17(18)19)22-8-14-16-10-3-1-2-4-13(10)23-14/h1-7H,8H2,(H2,15,20,21). The number of nitro benzene ring substituents is 1. The van der Waals surface area contributed by atoms with Gasteiger partial charge in [0.1, 0.15) is 11.6 Å². The van der Waals surface area contributed by atoms with E-state index in [4.69, 9.17) is 9.88 Å². The highest BCUT2D eigenvalue weighted by Gasteiger charge is 2.20. The second-order valence-corrected chi connectivity index (χ2v) is 7.47. The van der Waals surface area contributed by atoms with E-state index >= 15 is 0 Å². The summed E-state index contributed by atoms with van der Waals surface area (Å²) in [6.07, 6.45) is 0. The number of hydrogen-bond donors (Lipinski definition) is 1. The third kappa shape index (κ3) is 3.35. The van der Waals surface area contributed by atoms with Crippen LogP contribution in [-0.4, -0.2) is 18.3 Å². The molecule has 1 aromatic heterocycles. The number of aromatic nitrogens is 1. The fourth-order valence-corrected chi connectivity index (χ4v) is 3.47. The number of thiazole rings is 1. The van der Waals surface area contributed by atoms with E-state index in [0.717, 1.165) is 22.3 Å². The van der Waals surface area contributed by atoms with Crippen molar-refractivity contribution in [1.29, 1.82) is 0 Å². The van der Waals surface area contributed by atoms with Gasteiger partial charge in [-0.1, -0.05) is 12.1 Å². The van der Waals surface area contributed by atoms with Crippen molar-refractivity contribution >= 4 is 37.3 Å². The molecule has 0 aliphatic rings. The molecule has 0 fully saturated rings. The highest BCUT2D eigenvalue weighted by molar-refractivity contribution is 7.89. The number of sulfonamides is 1. The maximum atomic E-state index is 11.3. The summed E-state index contributed by atoms with van der Waals surface area (Å²) in [7, 11) is -4.03. The Hall–Kier alpha value is -2.56. The van der Waals surface area contributed by atoms with Gasteiger partial charge in [0, 0.05) is 6.07 Å². The van der Waals surface area contributed by atoms with Crippen LogP contribution in [0.3, 0.4) is 0 Å². The average Bonchev–Trinajstić information content (AvgIpc) is 2.94. The third-order valence-corrected chi connectivity index (χ3v) is 5.07. The zero-order chi connectivity index (χ0) is 17.3.